The molecule has 0 aliphatic carbocycles. The largest absolute Gasteiger partial charge is 0.362 e. The Morgan fingerprint density at radius 3 is 2.37 bits per heavy atom. The van der Waals surface area contributed by atoms with Gasteiger partial charge < -0.3 is 4.90 Å². The molecule has 0 amide bonds. The first-order valence-electron chi connectivity index (χ1n) is 6.79. The molecule has 0 N–H and O–H groups in total. The minimum atomic E-state index is 0.120. The predicted molar refractivity (Wildman–Crippen MR) is 84.5 cm³/mol. The van der Waals surface area contributed by atoms with Crippen molar-refractivity contribution < 1.29 is 0 Å². The Morgan fingerprint density at radius 2 is 1.68 bits per heavy atom. The van der Waals surface area contributed by atoms with Gasteiger partial charge in [0.25, 0.3) is 0 Å². The van der Waals surface area contributed by atoms with Crippen molar-refractivity contribution >= 4 is 21.6 Å². The molecule has 2 aromatic rings. The number of halogens is 1. The summed E-state index contributed by atoms with van der Waals surface area (Å²) in [4.78, 5) is 2.54. The Kier molecular flexibility index (Phi) is 3.36. The summed E-state index contributed by atoms with van der Waals surface area (Å²) in [5, 5.41) is 0. The molecule has 1 unspecified atom stereocenters. The molecule has 0 aromatic heterocycles. The van der Waals surface area contributed by atoms with Gasteiger partial charge in [-0.3, -0.25) is 0 Å². The summed E-state index contributed by atoms with van der Waals surface area (Å²) >= 11 is 3.51. The Labute approximate surface area is 123 Å². The second-order valence-corrected chi connectivity index (χ2v) is 6.29. The second kappa shape index (κ2) is 5.01. The SMILES string of the molecule is CC1(c2ccccc2)CCCN1c1ccc(Br)cc1. The number of hydrogen-bond acceptors (Lipinski definition) is 1. The molecular weight excluding hydrogens is 298 g/mol. The smallest absolute Gasteiger partial charge is 0.0626 e. The fourth-order valence-electron chi connectivity index (χ4n) is 3.10. The van der Waals surface area contributed by atoms with Crippen LogP contribution in [-0.2, 0) is 5.54 Å². The van der Waals surface area contributed by atoms with Gasteiger partial charge in [-0.15, -0.1) is 0 Å². The molecule has 0 saturated carbocycles. The van der Waals surface area contributed by atoms with Gasteiger partial charge in [0.15, 0.2) is 0 Å². The average Bonchev–Trinajstić information content (AvgIpc) is 2.84. The van der Waals surface area contributed by atoms with Crippen LogP contribution in [-0.4, -0.2) is 6.54 Å². The van der Waals surface area contributed by atoms with Crippen LogP contribution in [0.25, 0.3) is 0 Å². The quantitative estimate of drug-likeness (QED) is 0.756. The van der Waals surface area contributed by atoms with Crippen molar-refractivity contribution in [3.8, 4) is 0 Å². The van der Waals surface area contributed by atoms with E-state index in [-0.39, 0.29) is 5.54 Å². The molecule has 0 spiro atoms. The summed E-state index contributed by atoms with van der Waals surface area (Å²) in [7, 11) is 0. The lowest BCUT2D eigenvalue weighted by Gasteiger charge is -2.37. The van der Waals surface area contributed by atoms with Gasteiger partial charge in [0, 0.05) is 16.7 Å². The molecule has 2 aromatic carbocycles. The third-order valence-electron chi connectivity index (χ3n) is 4.18. The van der Waals surface area contributed by atoms with Gasteiger partial charge in [0.2, 0.25) is 0 Å². The van der Waals surface area contributed by atoms with Crippen LogP contribution in [0.15, 0.2) is 59.1 Å². The van der Waals surface area contributed by atoms with Gasteiger partial charge in [0.1, 0.15) is 0 Å². The average molecular weight is 316 g/mol. The van der Waals surface area contributed by atoms with Crippen molar-refractivity contribution in [2.24, 2.45) is 0 Å². The highest BCUT2D eigenvalue weighted by Crippen LogP contribution is 2.41. The third-order valence-corrected chi connectivity index (χ3v) is 4.70. The molecule has 2 heteroatoms. The zero-order valence-electron chi connectivity index (χ0n) is 11.1. The number of rotatable bonds is 2. The van der Waals surface area contributed by atoms with Crippen LogP contribution in [0, 0.1) is 0 Å². The van der Waals surface area contributed by atoms with Crippen LogP contribution >= 0.6 is 15.9 Å². The number of benzene rings is 2. The highest BCUT2D eigenvalue weighted by atomic mass is 79.9. The van der Waals surface area contributed by atoms with E-state index >= 15 is 0 Å². The predicted octanol–water partition coefficient (Wildman–Crippen LogP) is 4.96. The van der Waals surface area contributed by atoms with Gasteiger partial charge in [-0.2, -0.15) is 0 Å². The lowest BCUT2D eigenvalue weighted by atomic mass is 9.89. The summed E-state index contributed by atoms with van der Waals surface area (Å²) in [6.45, 7) is 3.49. The molecule has 1 nitrogen and oxygen atoms in total. The van der Waals surface area contributed by atoms with Crippen LogP contribution in [0.4, 0.5) is 5.69 Å². The van der Waals surface area contributed by atoms with Gasteiger partial charge in [-0.25, -0.2) is 0 Å². The maximum Gasteiger partial charge on any atom is 0.0626 e. The molecule has 1 atom stereocenters. The van der Waals surface area contributed by atoms with Crippen LogP contribution in [0.1, 0.15) is 25.3 Å². The molecular formula is C17H18BrN. The Morgan fingerprint density at radius 1 is 1.00 bits per heavy atom. The fourth-order valence-corrected chi connectivity index (χ4v) is 3.36. The summed E-state index contributed by atoms with van der Waals surface area (Å²) < 4.78 is 1.14. The van der Waals surface area contributed by atoms with Crippen molar-refractivity contribution in [1.29, 1.82) is 0 Å². The molecule has 1 saturated heterocycles. The Balaban J connectivity index is 1.99. The first-order chi connectivity index (χ1) is 9.20. The second-order valence-electron chi connectivity index (χ2n) is 5.37. The summed E-state index contributed by atoms with van der Waals surface area (Å²) in [6, 6.07) is 19.5. The van der Waals surface area contributed by atoms with E-state index < -0.39 is 0 Å². The summed E-state index contributed by atoms with van der Waals surface area (Å²) in [5.41, 5.74) is 2.84. The number of nitrogens with zero attached hydrogens (tertiary/aromatic N) is 1. The Bertz CT molecular complexity index is 549. The van der Waals surface area contributed by atoms with Gasteiger partial charge in [0.05, 0.1) is 5.54 Å². The van der Waals surface area contributed by atoms with Crippen LogP contribution in [0.5, 0.6) is 0 Å². The lowest BCUT2D eigenvalue weighted by Crippen LogP contribution is -2.38. The first kappa shape index (κ1) is 12.7. The van der Waals surface area contributed by atoms with Gasteiger partial charge >= 0.3 is 0 Å². The molecule has 1 heterocycles. The summed E-state index contributed by atoms with van der Waals surface area (Å²) in [6.07, 6.45) is 2.47. The monoisotopic (exact) mass is 315 g/mol. The van der Waals surface area contributed by atoms with Crippen molar-refractivity contribution in [2.45, 2.75) is 25.3 Å². The fraction of sp³-hybridized carbons (Fsp3) is 0.294. The maximum atomic E-state index is 3.51. The van der Waals surface area contributed by atoms with E-state index in [0.29, 0.717) is 0 Å². The normalized spacial score (nSPS) is 22.7. The van der Waals surface area contributed by atoms with E-state index in [4.69, 9.17) is 0 Å². The molecule has 1 aliphatic heterocycles. The number of hydrogen-bond donors (Lipinski definition) is 0. The van der Waals surface area contributed by atoms with E-state index in [1.54, 1.807) is 0 Å². The molecule has 3 rings (SSSR count). The molecule has 0 radical (unpaired) electrons. The molecule has 19 heavy (non-hydrogen) atoms. The van der Waals surface area contributed by atoms with Crippen LogP contribution in [0.3, 0.4) is 0 Å². The van der Waals surface area contributed by atoms with Crippen LogP contribution in [0.2, 0.25) is 0 Å². The zero-order chi connectivity index (χ0) is 13.3. The van der Waals surface area contributed by atoms with Crippen molar-refractivity contribution in [2.75, 3.05) is 11.4 Å². The number of anilines is 1. The molecule has 0 bridgehead atoms. The van der Waals surface area contributed by atoms with Crippen molar-refractivity contribution in [3.05, 3.63) is 64.6 Å². The third kappa shape index (κ3) is 2.30. The Hall–Kier alpha value is -1.28. The van der Waals surface area contributed by atoms with E-state index in [0.717, 1.165) is 11.0 Å². The standard InChI is InChI=1S/C17H18BrN/c1-17(14-6-3-2-4-7-14)12-5-13-19(17)16-10-8-15(18)9-11-16/h2-4,6-11H,5,12-13H2,1H3. The molecule has 98 valence electrons. The van der Waals surface area contributed by atoms with Crippen molar-refractivity contribution in [1.82, 2.24) is 0 Å². The first-order valence-corrected chi connectivity index (χ1v) is 7.58. The highest BCUT2D eigenvalue weighted by molar-refractivity contribution is 9.10. The highest BCUT2D eigenvalue weighted by Gasteiger charge is 2.37. The van der Waals surface area contributed by atoms with E-state index in [1.165, 1.54) is 24.1 Å². The minimum absolute atomic E-state index is 0.120. The van der Waals surface area contributed by atoms with Crippen molar-refractivity contribution in [3.63, 3.8) is 0 Å². The minimum Gasteiger partial charge on any atom is -0.362 e. The maximum absolute atomic E-state index is 3.51. The van der Waals surface area contributed by atoms with Crippen LogP contribution < -0.4 is 4.90 Å². The summed E-state index contributed by atoms with van der Waals surface area (Å²) in [5.74, 6) is 0. The van der Waals surface area contributed by atoms with Gasteiger partial charge in [-0.05, 0) is 49.6 Å². The van der Waals surface area contributed by atoms with E-state index in [1.807, 2.05) is 0 Å². The lowest BCUT2D eigenvalue weighted by molar-refractivity contribution is 0.493. The van der Waals surface area contributed by atoms with Gasteiger partial charge in [-0.1, -0.05) is 46.3 Å². The topological polar surface area (TPSA) is 3.24 Å². The zero-order valence-corrected chi connectivity index (χ0v) is 12.7. The molecule has 1 fully saturated rings. The van der Waals surface area contributed by atoms with E-state index in [2.05, 4.69) is 82.4 Å². The molecule has 1 aliphatic rings. The van der Waals surface area contributed by atoms with E-state index in [9.17, 15) is 0 Å².